The van der Waals surface area contributed by atoms with Crippen LogP contribution in [0.3, 0.4) is 0 Å². The van der Waals surface area contributed by atoms with E-state index in [2.05, 4.69) is 11.9 Å². The summed E-state index contributed by atoms with van der Waals surface area (Å²) in [5.41, 5.74) is 1.91. The lowest BCUT2D eigenvalue weighted by Gasteiger charge is -2.17. The molecule has 1 fully saturated rings. The molecule has 0 atom stereocenters. The normalized spacial score (nSPS) is 13.1. The Labute approximate surface area is 163 Å². The molecule has 27 heavy (non-hydrogen) atoms. The van der Waals surface area contributed by atoms with Crippen molar-refractivity contribution in [3.05, 3.63) is 59.0 Å². The number of ether oxygens (including phenoxy) is 1. The zero-order valence-corrected chi connectivity index (χ0v) is 16.5. The predicted molar refractivity (Wildman–Crippen MR) is 108 cm³/mol. The molecule has 0 spiro atoms. The molecule has 6 heteroatoms. The quantitative estimate of drug-likeness (QED) is 0.693. The third-order valence-corrected chi connectivity index (χ3v) is 5.50. The molecule has 1 aromatic heterocycles. The number of amides is 2. The number of hydrogen-bond donors (Lipinski definition) is 1. The van der Waals surface area contributed by atoms with E-state index >= 15 is 0 Å². The van der Waals surface area contributed by atoms with Crippen LogP contribution in [0.2, 0.25) is 0 Å². The summed E-state index contributed by atoms with van der Waals surface area (Å²) >= 11 is 1.34. The molecule has 0 radical (unpaired) electrons. The van der Waals surface area contributed by atoms with Crippen LogP contribution in [0, 0.1) is 12.8 Å². The number of aryl methyl sites for hydroxylation is 1. The molecule has 0 aliphatic heterocycles. The van der Waals surface area contributed by atoms with Crippen LogP contribution >= 0.6 is 11.3 Å². The number of nitrogens with one attached hydrogen (secondary N) is 1. The molecule has 142 valence electrons. The van der Waals surface area contributed by atoms with Crippen LogP contribution in [0.4, 0.5) is 5.00 Å². The molecule has 1 saturated carbocycles. The Bertz CT molecular complexity index is 838. The van der Waals surface area contributed by atoms with Crippen LogP contribution < -0.4 is 10.1 Å². The van der Waals surface area contributed by atoms with Crippen LogP contribution in [0.5, 0.6) is 5.75 Å². The van der Waals surface area contributed by atoms with Gasteiger partial charge in [-0.2, -0.15) is 0 Å². The van der Waals surface area contributed by atoms with Crippen molar-refractivity contribution in [2.24, 2.45) is 5.92 Å². The van der Waals surface area contributed by atoms with Gasteiger partial charge in [0, 0.05) is 19.5 Å². The first-order valence-corrected chi connectivity index (χ1v) is 9.79. The fraction of sp³-hybridized carbons (Fsp3) is 0.333. The standard InChI is InChI=1S/C21H24N2O3S/c1-4-11-26-17-9-5-15(6-10-17)13-23(3)21(25)19-14(2)12-18(27-19)22-20(24)16-7-8-16/h4-6,9-10,12,16H,1,7-8,11,13H2,2-3H3,(H,22,24). The molecule has 0 saturated heterocycles. The smallest absolute Gasteiger partial charge is 0.264 e. The minimum atomic E-state index is -0.0450. The number of carbonyl (C=O) groups excluding carboxylic acids is 2. The summed E-state index contributed by atoms with van der Waals surface area (Å²) in [7, 11) is 1.78. The highest BCUT2D eigenvalue weighted by molar-refractivity contribution is 7.18. The molecular formula is C21H24N2O3S. The lowest BCUT2D eigenvalue weighted by molar-refractivity contribution is -0.117. The van der Waals surface area contributed by atoms with E-state index < -0.39 is 0 Å². The SMILES string of the molecule is C=CCOc1ccc(CN(C)C(=O)c2sc(NC(=O)C3CC3)cc2C)cc1. The summed E-state index contributed by atoms with van der Waals surface area (Å²) < 4.78 is 5.47. The molecular weight excluding hydrogens is 360 g/mol. The largest absolute Gasteiger partial charge is 0.490 e. The van der Waals surface area contributed by atoms with E-state index in [0.717, 1.165) is 34.7 Å². The second-order valence-electron chi connectivity index (χ2n) is 6.79. The highest BCUT2D eigenvalue weighted by Crippen LogP contribution is 2.33. The van der Waals surface area contributed by atoms with Crippen molar-refractivity contribution in [1.29, 1.82) is 0 Å². The number of thiophene rings is 1. The molecule has 1 aliphatic rings. The molecule has 3 rings (SSSR count). The highest BCUT2D eigenvalue weighted by atomic mass is 32.1. The van der Waals surface area contributed by atoms with Crippen molar-refractivity contribution in [3.63, 3.8) is 0 Å². The third kappa shape index (κ3) is 4.98. The summed E-state index contributed by atoms with van der Waals surface area (Å²) in [6, 6.07) is 9.55. The van der Waals surface area contributed by atoms with E-state index in [4.69, 9.17) is 4.74 Å². The fourth-order valence-corrected chi connectivity index (χ4v) is 3.76. The molecule has 0 bridgehead atoms. The van der Waals surface area contributed by atoms with Gasteiger partial charge >= 0.3 is 0 Å². The molecule has 5 nitrogen and oxygen atoms in total. The van der Waals surface area contributed by atoms with Crippen molar-refractivity contribution in [2.45, 2.75) is 26.3 Å². The number of benzene rings is 1. The van der Waals surface area contributed by atoms with Crippen molar-refractivity contribution in [3.8, 4) is 5.75 Å². The van der Waals surface area contributed by atoms with E-state index in [1.165, 1.54) is 11.3 Å². The van der Waals surface area contributed by atoms with Crippen LogP contribution in [0.1, 0.15) is 33.6 Å². The number of nitrogens with zero attached hydrogens (tertiary/aromatic N) is 1. The third-order valence-electron chi connectivity index (χ3n) is 4.36. The zero-order valence-electron chi connectivity index (χ0n) is 15.7. The zero-order chi connectivity index (χ0) is 19.4. The maximum absolute atomic E-state index is 12.8. The van der Waals surface area contributed by atoms with E-state index in [9.17, 15) is 9.59 Å². The molecule has 1 heterocycles. The Hall–Kier alpha value is -2.60. The molecule has 2 amide bonds. The Kier molecular flexibility index (Phi) is 5.96. The van der Waals surface area contributed by atoms with Crippen LogP contribution in [-0.2, 0) is 11.3 Å². The number of carbonyl (C=O) groups is 2. The highest BCUT2D eigenvalue weighted by Gasteiger charge is 2.30. The fourth-order valence-electron chi connectivity index (χ4n) is 2.69. The number of rotatable bonds is 8. The Morgan fingerprint density at radius 3 is 2.67 bits per heavy atom. The molecule has 1 aromatic carbocycles. The second kappa shape index (κ2) is 8.39. The van der Waals surface area contributed by atoms with Gasteiger partial charge in [0.05, 0.1) is 9.88 Å². The van der Waals surface area contributed by atoms with Gasteiger partial charge in [-0.05, 0) is 49.1 Å². The van der Waals surface area contributed by atoms with E-state index in [-0.39, 0.29) is 17.7 Å². The Balaban J connectivity index is 1.61. The second-order valence-corrected chi connectivity index (χ2v) is 7.84. The van der Waals surface area contributed by atoms with Gasteiger partial charge in [-0.15, -0.1) is 11.3 Å². The summed E-state index contributed by atoms with van der Waals surface area (Å²) in [6.45, 7) is 6.49. The van der Waals surface area contributed by atoms with Gasteiger partial charge in [-0.3, -0.25) is 9.59 Å². The average Bonchev–Trinajstić information content (AvgIpc) is 3.44. The van der Waals surface area contributed by atoms with Crippen LogP contribution in [0.15, 0.2) is 43.0 Å². The van der Waals surface area contributed by atoms with E-state index in [1.807, 2.05) is 37.3 Å². The number of anilines is 1. The summed E-state index contributed by atoms with van der Waals surface area (Å²) in [6.07, 6.45) is 3.62. The minimum absolute atomic E-state index is 0.0450. The van der Waals surface area contributed by atoms with Gasteiger partial charge in [0.15, 0.2) is 0 Å². The van der Waals surface area contributed by atoms with E-state index in [1.54, 1.807) is 18.0 Å². The van der Waals surface area contributed by atoms with Gasteiger partial charge < -0.3 is 15.0 Å². The Morgan fingerprint density at radius 1 is 1.33 bits per heavy atom. The van der Waals surface area contributed by atoms with Gasteiger partial charge in [-0.25, -0.2) is 0 Å². The topological polar surface area (TPSA) is 58.6 Å². The minimum Gasteiger partial charge on any atom is -0.490 e. The van der Waals surface area contributed by atoms with Crippen LogP contribution in [0.25, 0.3) is 0 Å². The van der Waals surface area contributed by atoms with Crippen molar-refractivity contribution >= 4 is 28.2 Å². The van der Waals surface area contributed by atoms with Crippen molar-refractivity contribution in [2.75, 3.05) is 19.0 Å². The van der Waals surface area contributed by atoms with Gasteiger partial charge in [-0.1, -0.05) is 24.8 Å². The first kappa shape index (κ1) is 19.2. The first-order valence-electron chi connectivity index (χ1n) is 8.97. The monoisotopic (exact) mass is 384 g/mol. The Morgan fingerprint density at radius 2 is 2.04 bits per heavy atom. The van der Waals surface area contributed by atoms with Gasteiger partial charge in [0.25, 0.3) is 5.91 Å². The van der Waals surface area contributed by atoms with Crippen LogP contribution in [-0.4, -0.2) is 30.4 Å². The van der Waals surface area contributed by atoms with E-state index in [0.29, 0.717) is 18.0 Å². The lowest BCUT2D eigenvalue weighted by Crippen LogP contribution is -2.25. The maximum atomic E-state index is 12.8. The average molecular weight is 385 g/mol. The lowest BCUT2D eigenvalue weighted by atomic mass is 10.2. The summed E-state index contributed by atoms with van der Waals surface area (Å²) in [4.78, 5) is 27.1. The molecule has 0 unspecified atom stereocenters. The van der Waals surface area contributed by atoms with Crippen molar-refractivity contribution < 1.29 is 14.3 Å². The predicted octanol–water partition coefficient (Wildman–Crippen LogP) is 4.24. The molecule has 2 aromatic rings. The van der Waals surface area contributed by atoms with Crippen molar-refractivity contribution in [1.82, 2.24) is 4.90 Å². The maximum Gasteiger partial charge on any atom is 0.264 e. The summed E-state index contributed by atoms with van der Waals surface area (Å²) in [5.74, 6) is 0.934. The molecule has 1 N–H and O–H groups in total. The summed E-state index contributed by atoms with van der Waals surface area (Å²) in [5, 5.41) is 3.66. The molecule has 1 aliphatic carbocycles. The van der Waals surface area contributed by atoms with Gasteiger partial charge in [0.1, 0.15) is 12.4 Å². The first-order chi connectivity index (χ1) is 13.0. The number of hydrogen-bond acceptors (Lipinski definition) is 4. The van der Waals surface area contributed by atoms with Gasteiger partial charge in [0.2, 0.25) is 5.91 Å².